The summed E-state index contributed by atoms with van der Waals surface area (Å²) in [5.41, 5.74) is 5.27. The van der Waals surface area contributed by atoms with Crippen molar-refractivity contribution in [3.05, 3.63) is 54.2 Å². The Kier molecular flexibility index (Phi) is 4.54. The number of halogens is 3. The standard InChI is InChI=1S/C18H16F3N7/c19-11-4-18(5-11,15-12(20)2-1-3-23-15)9-27-17-25-6-10(7-26-17)14-13(21)8-24-16(22)28-14/h1-3,6-8,11H,4-5,9H2,(H2,22,24,28)(H,25,26,27)/t11-,18-. The molecule has 0 aliphatic heterocycles. The molecule has 0 amide bonds. The van der Waals surface area contributed by atoms with Crippen LogP contribution in [0.2, 0.25) is 0 Å². The van der Waals surface area contributed by atoms with E-state index in [0.717, 1.165) is 6.20 Å². The molecule has 3 heterocycles. The summed E-state index contributed by atoms with van der Waals surface area (Å²) >= 11 is 0. The molecule has 0 spiro atoms. The lowest BCUT2D eigenvalue weighted by Gasteiger charge is -2.43. The van der Waals surface area contributed by atoms with E-state index >= 15 is 0 Å². The Balaban J connectivity index is 1.52. The van der Waals surface area contributed by atoms with Gasteiger partial charge in [0.1, 0.15) is 17.7 Å². The lowest BCUT2D eigenvalue weighted by Crippen LogP contribution is -2.49. The van der Waals surface area contributed by atoms with Crippen LogP contribution in [-0.2, 0) is 5.41 Å². The first-order valence-electron chi connectivity index (χ1n) is 8.56. The number of anilines is 2. The van der Waals surface area contributed by atoms with Gasteiger partial charge in [0, 0.05) is 36.1 Å². The van der Waals surface area contributed by atoms with Gasteiger partial charge in [0.05, 0.1) is 11.9 Å². The molecule has 1 fully saturated rings. The number of nitrogens with zero attached hydrogens (tertiary/aromatic N) is 5. The van der Waals surface area contributed by atoms with Crippen LogP contribution in [0.15, 0.2) is 36.9 Å². The summed E-state index contributed by atoms with van der Waals surface area (Å²) < 4.78 is 41.6. The fourth-order valence-electron chi connectivity index (χ4n) is 3.36. The number of nitrogen functional groups attached to an aromatic ring is 1. The van der Waals surface area contributed by atoms with Crippen molar-refractivity contribution >= 4 is 11.9 Å². The molecule has 0 aromatic carbocycles. The van der Waals surface area contributed by atoms with Gasteiger partial charge in [-0.15, -0.1) is 0 Å². The molecular formula is C18H16F3N7. The van der Waals surface area contributed by atoms with E-state index in [4.69, 9.17) is 5.73 Å². The number of rotatable bonds is 5. The van der Waals surface area contributed by atoms with Crippen molar-refractivity contribution in [2.75, 3.05) is 17.6 Å². The molecule has 1 saturated carbocycles. The van der Waals surface area contributed by atoms with E-state index in [9.17, 15) is 13.2 Å². The van der Waals surface area contributed by atoms with Gasteiger partial charge in [-0.1, -0.05) is 0 Å². The topological polar surface area (TPSA) is 102 Å². The second kappa shape index (κ2) is 7.02. The van der Waals surface area contributed by atoms with E-state index in [-0.39, 0.29) is 42.7 Å². The molecular weight excluding hydrogens is 371 g/mol. The van der Waals surface area contributed by atoms with Crippen LogP contribution in [0.25, 0.3) is 11.3 Å². The van der Waals surface area contributed by atoms with Crippen molar-refractivity contribution < 1.29 is 13.2 Å². The quantitative estimate of drug-likeness (QED) is 0.694. The molecule has 0 radical (unpaired) electrons. The molecule has 0 atom stereocenters. The maximum Gasteiger partial charge on any atom is 0.222 e. The first-order chi connectivity index (χ1) is 13.5. The Morgan fingerprint density at radius 3 is 2.50 bits per heavy atom. The number of pyridine rings is 1. The van der Waals surface area contributed by atoms with Gasteiger partial charge < -0.3 is 11.1 Å². The Morgan fingerprint density at radius 2 is 1.82 bits per heavy atom. The summed E-state index contributed by atoms with van der Waals surface area (Å²) in [6.07, 6.45) is 4.55. The minimum absolute atomic E-state index is 0.00894. The Bertz CT molecular complexity index is 991. The van der Waals surface area contributed by atoms with Crippen LogP contribution in [-0.4, -0.2) is 37.6 Å². The SMILES string of the molecule is Nc1ncc(F)c(-c2cnc(NC[C@]3(c4ncccc4F)C[C@H](F)C3)nc2)n1. The Morgan fingerprint density at radius 1 is 1.07 bits per heavy atom. The van der Waals surface area contributed by atoms with Crippen molar-refractivity contribution in [2.24, 2.45) is 0 Å². The van der Waals surface area contributed by atoms with E-state index in [0.29, 0.717) is 5.56 Å². The summed E-state index contributed by atoms with van der Waals surface area (Å²) in [6.45, 7) is 0.218. The summed E-state index contributed by atoms with van der Waals surface area (Å²) in [4.78, 5) is 19.8. The summed E-state index contributed by atoms with van der Waals surface area (Å²) in [5, 5.41) is 2.99. The molecule has 144 valence electrons. The molecule has 1 aliphatic rings. The summed E-state index contributed by atoms with van der Waals surface area (Å²) in [5.74, 6) is -0.941. The van der Waals surface area contributed by atoms with Crippen LogP contribution in [0.4, 0.5) is 25.1 Å². The van der Waals surface area contributed by atoms with Gasteiger partial charge in [0.25, 0.3) is 0 Å². The minimum atomic E-state index is -1.00. The number of alkyl halides is 1. The van der Waals surface area contributed by atoms with Crippen LogP contribution in [0.1, 0.15) is 18.5 Å². The average molecular weight is 387 g/mol. The summed E-state index contributed by atoms with van der Waals surface area (Å²) in [7, 11) is 0. The van der Waals surface area contributed by atoms with Crippen molar-refractivity contribution in [1.82, 2.24) is 24.9 Å². The average Bonchev–Trinajstić information content (AvgIpc) is 2.67. The fraction of sp³-hybridized carbons (Fsp3) is 0.278. The Hall–Kier alpha value is -3.30. The highest BCUT2D eigenvalue weighted by atomic mass is 19.1. The second-order valence-corrected chi connectivity index (χ2v) is 6.69. The number of nitrogens with one attached hydrogen (secondary N) is 1. The van der Waals surface area contributed by atoms with Crippen molar-refractivity contribution in [1.29, 1.82) is 0 Å². The molecule has 0 unspecified atom stereocenters. The monoisotopic (exact) mass is 387 g/mol. The van der Waals surface area contributed by atoms with Gasteiger partial charge in [-0.05, 0) is 25.0 Å². The van der Waals surface area contributed by atoms with E-state index in [1.807, 2.05) is 0 Å². The number of hydrogen-bond donors (Lipinski definition) is 2. The highest BCUT2D eigenvalue weighted by Crippen LogP contribution is 2.45. The van der Waals surface area contributed by atoms with Gasteiger partial charge in [0.15, 0.2) is 5.82 Å². The van der Waals surface area contributed by atoms with Gasteiger partial charge in [-0.25, -0.2) is 33.1 Å². The van der Waals surface area contributed by atoms with E-state index in [1.54, 1.807) is 0 Å². The second-order valence-electron chi connectivity index (χ2n) is 6.69. The molecule has 10 heteroatoms. The molecule has 7 nitrogen and oxygen atoms in total. The number of nitrogens with two attached hydrogens (primary N) is 1. The third-order valence-electron chi connectivity index (χ3n) is 4.76. The zero-order valence-electron chi connectivity index (χ0n) is 14.6. The molecule has 1 aliphatic carbocycles. The molecule has 3 aromatic heterocycles. The molecule has 0 saturated heterocycles. The largest absolute Gasteiger partial charge is 0.368 e. The van der Waals surface area contributed by atoms with Crippen LogP contribution >= 0.6 is 0 Å². The fourth-order valence-corrected chi connectivity index (χ4v) is 3.36. The molecule has 28 heavy (non-hydrogen) atoms. The third-order valence-corrected chi connectivity index (χ3v) is 4.76. The van der Waals surface area contributed by atoms with Gasteiger partial charge in [-0.3, -0.25) is 4.98 Å². The predicted molar refractivity (Wildman–Crippen MR) is 95.9 cm³/mol. The van der Waals surface area contributed by atoms with Gasteiger partial charge >= 0.3 is 0 Å². The number of aromatic nitrogens is 5. The number of hydrogen-bond acceptors (Lipinski definition) is 7. The van der Waals surface area contributed by atoms with Crippen molar-refractivity contribution in [3.8, 4) is 11.3 Å². The Labute approximate surface area is 158 Å². The van der Waals surface area contributed by atoms with E-state index < -0.39 is 23.2 Å². The van der Waals surface area contributed by atoms with Crippen LogP contribution < -0.4 is 11.1 Å². The first kappa shape index (κ1) is 18.1. The zero-order chi connectivity index (χ0) is 19.7. The van der Waals surface area contributed by atoms with Crippen molar-refractivity contribution in [2.45, 2.75) is 24.4 Å². The minimum Gasteiger partial charge on any atom is -0.368 e. The molecule has 0 bridgehead atoms. The van der Waals surface area contributed by atoms with Crippen LogP contribution in [0.5, 0.6) is 0 Å². The third kappa shape index (κ3) is 3.32. The molecule has 3 N–H and O–H groups in total. The normalized spacial score (nSPS) is 21.2. The van der Waals surface area contributed by atoms with Crippen LogP contribution in [0.3, 0.4) is 0 Å². The lowest BCUT2D eigenvalue weighted by molar-refractivity contribution is 0.0963. The summed E-state index contributed by atoms with van der Waals surface area (Å²) in [6, 6.07) is 2.80. The lowest BCUT2D eigenvalue weighted by atomic mass is 9.65. The smallest absolute Gasteiger partial charge is 0.222 e. The highest BCUT2D eigenvalue weighted by molar-refractivity contribution is 5.59. The van der Waals surface area contributed by atoms with E-state index in [1.165, 1.54) is 30.7 Å². The van der Waals surface area contributed by atoms with Gasteiger partial charge in [-0.2, -0.15) is 0 Å². The highest BCUT2D eigenvalue weighted by Gasteiger charge is 2.48. The molecule has 4 rings (SSSR count). The van der Waals surface area contributed by atoms with Gasteiger partial charge in [0.2, 0.25) is 11.9 Å². The molecule has 3 aromatic rings. The maximum absolute atomic E-state index is 14.2. The van der Waals surface area contributed by atoms with Crippen LogP contribution in [0, 0.1) is 11.6 Å². The van der Waals surface area contributed by atoms with Crippen molar-refractivity contribution in [3.63, 3.8) is 0 Å². The van der Waals surface area contributed by atoms with E-state index in [2.05, 4.69) is 30.2 Å². The predicted octanol–water partition coefficient (Wildman–Crippen LogP) is 2.67. The zero-order valence-corrected chi connectivity index (χ0v) is 14.6. The first-order valence-corrected chi connectivity index (χ1v) is 8.56. The maximum atomic E-state index is 14.2.